The van der Waals surface area contributed by atoms with Gasteiger partial charge in [0.15, 0.2) is 0 Å². The van der Waals surface area contributed by atoms with Crippen molar-refractivity contribution in [2.45, 2.75) is 13.3 Å². The monoisotopic (exact) mass is 218 g/mol. The molecule has 1 aromatic carbocycles. The predicted octanol–water partition coefficient (Wildman–Crippen LogP) is 3.04. The molecule has 0 atom stereocenters. The average molecular weight is 218 g/mol. The third kappa shape index (κ3) is 3.91. The van der Waals surface area contributed by atoms with Crippen molar-refractivity contribution in [1.29, 1.82) is 0 Å². The Morgan fingerprint density at radius 1 is 1.38 bits per heavy atom. The van der Waals surface area contributed by atoms with E-state index in [4.69, 9.17) is 9.84 Å². The maximum atomic E-state index is 9.05. The first-order valence-corrected chi connectivity index (χ1v) is 5.44. The third-order valence-electron chi connectivity index (χ3n) is 2.28. The Bertz CT molecular complexity index is 344. The molecule has 0 spiro atoms. The van der Waals surface area contributed by atoms with Gasteiger partial charge in [0.1, 0.15) is 12.4 Å². The predicted molar refractivity (Wildman–Crippen MR) is 67.5 cm³/mol. The molecule has 0 bridgehead atoms. The molecule has 0 aliphatic rings. The van der Waals surface area contributed by atoms with Crippen LogP contribution < -0.4 is 4.74 Å². The molecule has 0 amide bonds. The second kappa shape index (κ2) is 6.85. The minimum Gasteiger partial charge on any atom is -0.490 e. The summed E-state index contributed by atoms with van der Waals surface area (Å²) in [7, 11) is 0. The fourth-order valence-corrected chi connectivity index (χ4v) is 1.31. The lowest BCUT2D eigenvalue weighted by Crippen LogP contribution is -1.92. The SMILES string of the molecule is C=CCOc1ccc(C=C(CC)CO)cc1. The summed E-state index contributed by atoms with van der Waals surface area (Å²) in [5.41, 5.74) is 2.11. The van der Waals surface area contributed by atoms with Gasteiger partial charge in [-0.15, -0.1) is 0 Å². The van der Waals surface area contributed by atoms with Crippen LogP contribution in [0.3, 0.4) is 0 Å². The molecule has 2 heteroatoms. The van der Waals surface area contributed by atoms with Gasteiger partial charge in [0.2, 0.25) is 0 Å². The molecule has 0 aromatic heterocycles. The van der Waals surface area contributed by atoms with E-state index in [-0.39, 0.29) is 6.61 Å². The Balaban J connectivity index is 2.70. The molecule has 0 fully saturated rings. The highest BCUT2D eigenvalue weighted by Crippen LogP contribution is 2.15. The van der Waals surface area contributed by atoms with Crippen LogP contribution in [0, 0.1) is 0 Å². The second-order valence-corrected chi connectivity index (χ2v) is 3.48. The lowest BCUT2D eigenvalue weighted by atomic mass is 10.1. The van der Waals surface area contributed by atoms with E-state index in [1.807, 2.05) is 37.3 Å². The van der Waals surface area contributed by atoms with Gasteiger partial charge in [0, 0.05) is 0 Å². The Labute approximate surface area is 96.9 Å². The molecule has 86 valence electrons. The van der Waals surface area contributed by atoms with Crippen LogP contribution in [-0.2, 0) is 0 Å². The maximum absolute atomic E-state index is 9.05. The zero-order valence-electron chi connectivity index (χ0n) is 9.65. The lowest BCUT2D eigenvalue weighted by Gasteiger charge is -2.04. The highest BCUT2D eigenvalue weighted by Gasteiger charge is 1.95. The van der Waals surface area contributed by atoms with Gasteiger partial charge in [0.25, 0.3) is 0 Å². The number of aliphatic hydroxyl groups is 1. The Morgan fingerprint density at radius 3 is 2.56 bits per heavy atom. The van der Waals surface area contributed by atoms with E-state index in [1.54, 1.807) is 6.08 Å². The summed E-state index contributed by atoms with van der Waals surface area (Å²) in [5.74, 6) is 0.832. The number of hydrogen-bond donors (Lipinski definition) is 1. The first-order chi connectivity index (χ1) is 7.80. The van der Waals surface area contributed by atoms with Gasteiger partial charge in [-0.2, -0.15) is 0 Å². The molecule has 0 radical (unpaired) electrons. The summed E-state index contributed by atoms with van der Waals surface area (Å²) in [6.45, 7) is 6.26. The van der Waals surface area contributed by atoms with Gasteiger partial charge in [-0.1, -0.05) is 37.8 Å². The van der Waals surface area contributed by atoms with Crippen LogP contribution in [0.4, 0.5) is 0 Å². The highest BCUT2D eigenvalue weighted by atomic mass is 16.5. The third-order valence-corrected chi connectivity index (χ3v) is 2.28. The van der Waals surface area contributed by atoms with Crippen molar-refractivity contribution in [1.82, 2.24) is 0 Å². The van der Waals surface area contributed by atoms with Crippen molar-refractivity contribution in [2.75, 3.05) is 13.2 Å². The minimum absolute atomic E-state index is 0.116. The van der Waals surface area contributed by atoms with Crippen LogP contribution in [0.15, 0.2) is 42.5 Å². The first kappa shape index (κ1) is 12.5. The van der Waals surface area contributed by atoms with Crippen molar-refractivity contribution in [3.8, 4) is 5.75 Å². The lowest BCUT2D eigenvalue weighted by molar-refractivity contribution is 0.329. The first-order valence-electron chi connectivity index (χ1n) is 5.44. The van der Waals surface area contributed by atoms with E-state index in [0.29, 0.717) is 6.61 Å². The van der Waals surface area contributed by atoms with Crippen molar-refractivity contribution in [3.63, 3.8) is 0 Å². The molecule has 16 heavy (non-hydrogen) atoms. The van der Waals surface area contributed by atoms with Gasteiger partial charge in [-0.3, -0.25) is 0 Å². The molecule has 2 nitrogen and oxygen atoms in total. The molecule has 0 aliphatic heterocycles. The van der Waals surface area contributed by atoms with Crippen molar-refractivity contribution in [2.24, 2.45) is 0 Å². The Kier molecular flexibility index (Phi) is 5.37. The summed E-state index contributed by atoms with van der Waals surface area (Å²) in [6.07, 6.45) is 4.58. The van der Waals surface area contributed by atoms with Gasteiger partial charge in [-0.25, -0.2) is 0 Å². The van der Waals surface area contributed by atoms with E-state index in [1.165, 1.54) is 0 Å². The zero-order valence-corrected chi connectivity index (χ0v) is 9.65. The summed E-state index contributed by atoms with van der Waals surface area (Å²) in [5, 5.41) is 9.05. The highest BCUT2D eigenvalue weighted by molar-refractivity contribution is 5.54. The summed E-state index contributed by atoms with van der Waals surface area (Å²) >= 11 is 0. The summed E-state index contributed by atoms with van der Waals surface area (Å²) in [6, 6.07) is 7.79. The molecule has 0 heterocycles. The van der Waals surface area contributed by atoms with E-state index in [9.17, 15) is 0 Å². The van der Waals surface area contributed by atoms with Crippen LogP contribution in [0.1, 0.15) is 18.9 Å². The topological polar surface area (TPSA) is 29.5 Å². The molecule has 0 aliphatic carbocycles. The molecule has 1 N–H and O–H groups in total. The van der Waals surface area contributed by atoms with Gasteiger partial charge >= 0.3 is 0 Å². The fourth-order valence-electron chi connectivity index (χ4n) is 1.31. The van der Waals surface area contributed by atoms with E-state index < -0.39 is 0 Å². The Morgan fingerprint density at radius 2 is 2.06 bits per heavy atom. The van der Waals surface area contributed by atoms with Gasteiger partial charge in [0.05, 0.1) is 6.61 Å². The summed E-state index contributed by atoms with van der Waals surface area (Å²) < 4.78 is 5.38. The number of rotatable bonds is 6. The van der Waals surface area contributed by atoms with Crippen LogP contribution in [-0.4, -0.2) is 18.3 Å². The zero-order chi connectivity index (χ0) is 11.8. The van der Waals surface area contributed by atoms with E-state index in [0.717, 1.165) is 23.3 Å². The van der Waals surface area contributed by atoms with Crippen LogP contribution in [0.5, 0.6) is 5.75 Å². The standard InChI is InChI=1S/C14H18O2/c1-3-9-16-14-7-5-13(6-8-14)10-12(4-2)11-15/h3,5-8,10,15H,1,4,9,11H2,2H3. The molecule has 0 unspecified atom stereocenters. The van der Waals surface area contributed by atoms with Crippen molar-refractivity contribution >= 4 is 6.08 Å². The molecule has 0 saturated carbocycles. The van der Waals surface area contributed by atoms with Crippen LogP contribution in [0.2, 0.25) is 0 Å². The number of aliphatic hydroxyl groups excluding tert-OH is 1. The molecular formula is C14H18O2. The second-order valence-electron chi connectivity index (χ2n) is 3.48. The molecule has 1 rings (SSSR count). The van der Waals surface area contributed by atoms with E-state index in [2.05, 4.69) is 6.58 Å². The van der Waals surface area contributed by atoms with Crippen molar-refractivity contribution < 1.29 is 9.84 Å². The molecule has 1 aromatic rings. The number of hydrogen-bond acceptors (Lipinski definition) is 2. The maximum Gasteiger partial charge on any atom is 0.119 e. The molecular weight excluding hydrogens is 200 g/mol. The Hall–Kier alpha value is -1.54. The smallest absolute Gasteiger partial charge is 0.119 e. The molecule has 0 saturated heterocycles. The van der Waals surface area contributed by atoms with E-state index >= 15 is 0 Å². The van der Waals surface area contributed by atoms with Gasteiger partial charge < -0.3 is 9.84 Å². The number of ether oxygens (including phenoxy) is 1. The fraction of sp³-hybridized carbons (Fsp3) is 0.286. The number of benzene rings is 1. The minimum atomic E-state index is 0.116. The summed E-state index contributed by atoms with van der Waals surface area (Å²) in [4.78, 5) is 0. The largest absolute Gasteiger partial charge is 0.490 e. The van der Waals surface area contributed by atoms with Crippen LogP contribution >= 0.6 is 0 Å². The quantitative estimate of drug-likeness (QED) is 0.744. The van der Waals surface area contributed by atoms with Gasteiger partial charge in [-0.05, 0) is 29.7 Å². The van der Waals surface area contributed by atoms with Crippen LogP contribution in [0.25, 0.3) is 6.08 Å². The normalized spacial score (nSPS) is 11.2. The average Bonchev–Trinajstić information content (AvgIpc) is 2.35. The van der Waals surface area contributed by atoms with Crippen molar-refractivity contribution in [3.05, 3.63) is 48.1 Å².